The van der Waals surface area contributed by atoms with Crippen LogP contribution in [0.4, 0.5) is 5.69 Å². The third-order valence-corrected chi connectivity index (χ3v) is 3.83. The summed E-state index contributed by atoms with van der Waals surface area (Å²) >= 11 is 6.22. The van der Waals surface area contributed by atoms with Gasteiger partial charge in [-0.3, -0.25) is 4.79 Å². The fraction of sp³-hybridized carbons (Fsp3) is 0.533. The van der Waals surface area contributed by atoms with E-state index in [2.05, 4.69) is 11.4 Å². The van der Waals surface area contributed by atoms with Gasteiger partial charge in [0.25, 0.3) is 0 Å². The van der Waals surface area contributed by atoms with E-state index < -0.39 is 0 Å². The monoisotopic (exact) mass is 280 g/mol. The molecule has 0 radical (unpaired) electrons. The van der Waals surface area contributed by atoms with Gasteiger partial charge in [0.1, 0.15) is 0 Å². The Kier molecular flexibility index (Phi) is 4.70. The minimum atomic E-state index is 0.242. The van der Waals surface area contributed by atoms with Gasteiger partial charge in [-0.2, -0.15) is 0 Å². The van der Waals surface area contributed by atoms with E-state index in [1.807, 2.05) is 24.8 Å². The Morgan fingerprint density at radius 1 is 1.32 bits per heavy atom. The van der Waals surface area contributed by atoms with Gasteiger partial charge in [-0.15, -0.1) is 0 Å². The van der Waals surface area contributed by atoms with E-state index in [9.17, 15) is 4.79 Å². The Morgan fingerprint density at radius 2 is 2.00 bits per heavy atom. The normalized spacial score (nSPS) is 14.8. The zero-order valence-electron chi connectivity index (χ0n) is 11.6. The number of amides is 1. The molecule has 1 saturated heterocycles. The molecule has 1 fully saturated rings. The standard InChI is InChI=1S/C15H21ClN2O/c1-11-9-12(2)15(13(16)10-11)17-6-5-14(19)18-7-3-4-8-18/h9-10,17H,3-8H2,1-2H3. The summed E-state index contributed by atoms with van der Waals surface area (Å²) in [6, 6.07) is 4.04. The van der Waals surface area contributed by atoms with Crippen LogP contribution in [0.25, 0.3) is 0 Å². The van der Waals surface area contributed by atoms with Gasteiger partial charge in [0, 0.05) is 26.1 Å². The molecule has 2 rings (SSSR count). The maximum Gasteiger partial charge on any atom is 0.224 e. The van der Waals surface area contributed by atoms with Crippen molar-refractivity contribution in [2.75, 3.05) is 25.0 Å². The van der Waals surface area contributed by atoms with E-state index in [0.29, 0.717) is 13.0 Å². The summed E-state index contributed by atoms with van der Waals surface area (Å²) in [6.07, 6.45) is 2.81. The summed E-state index contributed by atoms with van der Waals surface area (Å²) in [4.78, 5) is 13.9. The van der Waals surface area contributed by atoms with Crippen molar-refractivity contribution in [3.8, 4) is 0 Å². The van der Waals surface area contributed by atoms with Crippen molar-refractivity contribution in [1.29, 1.82) is 0 Å². The van der Waals surface area contributed by atoms with Crippen LogP contribution < -0.4 is 5.32 Å². The molecule has 1 aromatic rings. The lowest BCUT2D eigenvalue weighted by molar-refractivity contribution is -0.129. The molecule has 0 spiro atoms. The number of rotatable bonds is 4. The quantitative estimate of drug-likeness (QED) is 0.917. The zero-order chi connectivity index (χ0) is 13.8. The number of anilines is 1. The smallest absolute Gasteiger partial charge is 0.224 e. The molecule has 4 heteroatoms. The largest absolute Gasteiger partial charge is 0.383 e. The number of aryl methyl sites for hydroxylation is 2. The molecule has 1 N–H and O–H groups in total. The predicted octanol–water partition coefficient (Wildman–Crippen LogP) is 3.38. The number of nitrogens with zero attached hydrogens (tertiary/aromatic N) is 1. The van der Waals surface area contributed by atoms with Crippen LogP contribution in [0.3, 0.4) is 0 Å². The Bertz CT molecular complexity index is 444. The first kappa shape index (κ1) is 14.2. The molecule has 0 unspecified atom stereocenters. The second-order valence-electron chi connectivity index (χ2n) is 5.20. The summed E-state index contributed by atoms with van der Waals surface area (Å²) in [6.45, 7) is 6.54. The molecule has 0 saturated carbocycles. The summed E-state index contributed by atoms with van der Waals surface area (Å²) in [5.74, 6) is 0.242. The minimum absolute atomic E-state index is 0.242. The second-order valence-corrected chi connectivity index (χ2v) is 5.61. The van der Waals surface area contributed by atoms with Gasteiger partial charge < -0.3 is 10.2 Å². The number of benzene rings is 1. The lowest BCUT2D eigenvalue weighted by Crippen LogP contribution is -2.29. The molecule has 19 heavy (non-hydrogen) atoms. The van der Waals surface area contributed by atoms with Gasteiger partial charge in [0.05, 0.1) is 10.7 Å². The average Bonchev–Trinajstić information content (AvgIpc) is 2.85. The molecule has 0 aliphatic carbocycles. The van der Waals surface area contributed by atoms with Gasteiger partial charge in [-0.05, 0) is 43.9 Å². The highest BCUT2D eigenvalue weighted by Crippen LogP contribution is 2.27. The van der Waals surface area contributed by atoms with E-state index >= 15 is 0 Å². The first-order valence-corrected chi connectivity index (χ1v) is 7.24. The molecule has 1 aliphatic heterocycles. The molecule has 0 aromatic heterocycles. The van der Waals surface area contributed by atoms with Crippen LogP contribution in [0.2, 0.25) is 5.02 Å². The van der Waals surface area contributed by atoms with Crippen molar-refractivity contribution in [3.63, 3.8) is 0 Å². The van der Waals surface area contributed by atoms with Crippen LogP contribution in [0.1, 0.15) is 30.4 Å². The molecule has 0 atom stereocenters. The zero-order valence-corrected chi connectivity index (χ0v) is 12.4. The maximum atomic E-state index is 11.9. The number of nitrogens with one attached hydrogen (secondary N) is 1. The lowest BCUT2D eigenvalue weighted by Gasteiger charge is -2.16. The Morgan fingerprint density at radius 3 is 2.63 bits per heavy atom. The first-order valence-electron chi connectivity index (χ1n) is 6.86. The maximum absolute atomic E-state index is 11.9. The highest BCUT2D eigenvalue weighted by molar-refractivity contribution is 6.33. The second kappa shape index (κ2) is 6.29. The van der Waals surface area contributed by atoms with Crippen LogP contribution in [-0.2, 0) is 4.79 Å². The molecule has 1 amide bonds. The van der Waals surface area contributed by atoms with E-state index in [0.717, 1.165) is 47.8 Å². The van der Waals surface area contributed by atoms with Gasteiger partial charge >= 0.3 is 0 Å². The summed E-state index contributed by atoms with van der Waals surface area (Å²) in [5, 5.41) is 4.01. The number of carbonyl (C=O) groups excluding carboxylic acids is 1. The van der Waals surface area contributed by atoms with E-state index in [4.69, 9.17) is 11.6 Å². The van der Waals surface area contributed by atoms with Crippen molar-refractivity contribution in [3.05, 3.63) is 28.3 Å². The third kappa shape index (κ3) is 3.63. The lowest BCUT2D eigenvalue weighted by atomic mass is 10.1. The third-order valence-electron chi connectivity index (χ3n) is 3.53. The van der Waals surface area contributed by atoms with Gasteiger partial charge in [0.2, 0.25) is 5.91 Å². The molecule has 3 nitrogen and oxygen atoms in total. The van der Waals surface area contributed by atoms with Crippen LogP contribution >= 0.6 is 11.6 Å². The van der Waals surface area contributed by atoms with E-state index in [1.54, 1.807) is 0 Å². The average molecular weight is 281 g/mol. The molecule has 104 valence electrons. The highest BCUT2D eigenvalue weighted by Gasteiger charge is 2.17. The van der Waals surface area contributed by atoms with Gasteiger partial charge in [-0.25, -0.2) is 0 Å². The summed E-state index contributed by atoms with van der Waals surface area (Å²) in [7, 11) is 0. The SMILES string of the molecule is Cc1cc(C)c(NCCC(=O)N2CCCC2)c(Cl)c1. The molecule has 1 heterocycles. The Balaban J connectivity index is 1.87. The van der Waals surface area contributed by atoms with Crippen LogP contribution in [0.15, 0.2) is 12.1 Å². The Labute approximate surface area is 119 Å². The minimum Gasteiger partial charge on any atom is -0.383 e. The first-order chi connectivity index (χ1) is 9.08. The number of hydrogen-bond donors (Lipinski definition) is 1. The summed E-state index contributed by atoms with van der Waals surface area (Å²) in [5.41, 5.74) is 3.22. The number of carbonyl (C=O) groups is 1. The van der Waals surface area contributed by atoms with E-state index in [-0.39, 0.29) is 5.91 Å². The molecular weight excluding hydrogens is 260 g/mol. The van der Waals surface area contributed by atoms with Crippen molar-refractivity contribution in [2.45, 2.75) is 33.1 Å². The van der Waals surface area contributed by atoms with Crippen LogP contribution in [0, 0.1) is 13.8 Å². The Hall–Kier alpha value is -1.22. The molecule has 1 aromatic carbocycles. The number of halogens is 1. The van der Waals surface area contributed by atoms with Gasteiger partial charge in [-0.1, -0.05) is 17.7 Å². The fourth-order valence-corrected chi connectivity index (χ4v) is 2.95. The van der Waals surface area contributed by atoms with Crippen LogP contribution in [-0.4, -0.2) is 30.4 Å². The molecule has 1 aliphatic rings. The summed E-state index contributed by atoms with van der Waals surface area (Å²) < 4.78 is 0. The highest BCUT2D eigenvalue weighted by atomic mass is 35.5. The predicted molar refractivity (Wildman–Crippen MR) is 79.8 cm³/mol. The van der Waals surface area contributed by atoms with Crippen LogP contribution in [0.5, 0.6) is 0 Å². The number of likely N-dealkylation sites (tertiary alicyclic amines) is 1. The van der Waals surface area contributed by atoms with E-state index in [1.165, 1.54) is 0 Å². The van der Waals surface area contributed by atoms with Crippen molar-refractivity contribution < 1.29 is 4.79 Å². The van der Waals surface area contributed by atoms with Crippen molar-refractivity contribution in [1.82, 2.24) is 4.90 Å². The fourth-order valence-electron chi connectivity index (χ4n) is 2.56. The van der Waals surface area contributed by atoms with Gasteiger partial charge in [0.15, 0.2) is 0 Å². The molecular formula is C15H21ClN2O. The topological polar surface area (TPSA) is 32.3 Å². The number of hydrogen-bond acceptors (Lipinski definition) is 2. The molecule has 0 bridgehead atoms. The van der Waals surface area contributed by atoms with Crippen molar-refractivity contribution in [2.24, 2.45) is 0 Å². The van der Waals surface area contributed by atoms with Crippen molar-refractivity contribution >= 4 is 23.2 Å².